The van der Waals surface area contributed by atoms with E-state index in [0.29, 0.717) is 18.2 Å². The Labute approximate surface area is 142 Å². The molecule has 0 aliphatic carbocycles. The average Bonchev–Trinajstić information content (AvgIpc) is 2.87. The number of hydrogen-bond acceptors (Lipinski definition) is 6. The summed E-state index contributed by atoms with van der Waals surface area (Å²) in [6.45, 7) is 4.71. The minimum Gasteiger partial charge on any atom is -0.366 e. The van der Waals surface area contributed by atoms with Crippen molar-refractivity contribution in [2.75, 3.05) is 28.3 Å². The Morgan fingerprint density at radius 1 is 1.25 bits per heavy atom. The maximum Gasteiger partial charge on any atom is 0.232 e. The highest BCUT2D eigenvalue weighted by molar-refractivity contribution is 7.91. The number of nitrogens with one attached hydrogen (secondary N) is 1. The van der Waals surface area contributed by atoms with Crippen molar-refractivity contribution < 1.29 is 8.42 Å². The van der Waals surface area contributed by atoms with E-state index in [1.807, 2.05) is 48.2 Å². The van der Waals surface area contributed by atoms with Crippen LogP contribution >= 0.6 is 0 Å². The van der Waals surface area contributed by atoms with E-state index in [1.54, 1.807) is 0 Å². The normalized spacial score (nSPS) is 19.2. The number of benzene rings is 1. The molecule has 1 unspecified atom stereocenters. The summed E-state index contributed by atoms with van der Waals surface area (Å²) >= 11 is 0. The van der Waals surface area contributed by atoms with Gasteiger partial charge < -0.3 is 10.2 Å². The predicted octanol–water partition coefficient (Wildman–Crippen LogP) is 2.54. The maximum atomic E-state index is 11.6. The fourth-order valence-corrected chi connectivity index (χ4v) is 4.59. The molecule has 2 aromatic rings. The second-order valence-corrected chi connectivity index (χ2v) is 8.25. The van der Waals surface area contributed by atoms with Gasteiger partial charge in [-0.2, -0.15) is 4.98 Å². The molecule has 0 spiro atoms. The molecule has 7 heteroatoms. The highest BCUT2D eigenvalue weighted by Gasteiger charge is 2.28. The molecular formula is C17H22N4O2S. The van der Waals surface area contributed by atoms with Crippen molar-refractivity contribution in [2.45, 2.75) is 26.3 Å². The number of nitrogens with zero attached hydrogens (tertiary/aromatic N) is 3. The van der Waals surface area contributed by atoms with E-state index in [2.05, 4.69) is 22.2 Å². The van der Waals surface area contributed by atoms with E-state index in [1.165, 1.54) is 0 Å². The van der Waals surface area contributed by atoms with Crippen LogP contribution in [0, 0.1) is 6.92 Å². The summed E-state index contributed by atoms with van der Waals surface area (Å²) in [5.41, 5.74) is 1.87. The Morgan fingerprint density at radius 2 is 2.00 bits per heavy atom. The molecule has 0 amide bonds. The van der Waals surface area contributed by atoms with Gasteiger partial charge in [0.15, 0.2) is 9.84 Å². The third-order valence-electron chi connectivity index (χ3n) is 4.05. The highest BCUT2D eigenvalue weighted by atomic mass is 32.2. The molecular weight excluding hydrogens is 324 g/mol. The highest BCUT2D eigenvalue weighted by Crippen LogP contribution is 2.24. The molecule has 0 radical (unpaired) electrons. The minimum absolute atomic E-state index is 0.0797. The first-order valence-corrected chi connectivity index (χ1v) is 9.94. The van der Waals surface area contributed by atoms with Gasteiger partial charge in [-0.05, 0) is 32.4 Å². The van der Waals surface area contributed by atoms with Crippen LogP contribution in [0.5, 0.6) is 0 Å². The van der Waals surface area contributed by atoms with Crippen molar-refractivity contribution in [2.24, 2.45) is 0 Å². The van der Waals surface area contributed by atoms with E-state index in [4.69, 9.17) is 0 Å². The molecule has 3 rings (SSSR count). The van der Waals surface area contributed by atoms with Gasteiger partial charge in [0.2, 0.25) is 5.95 Å². The zero-order chi connectivity index (χ0) is 17.2. The first kappa shape index (κ1) is 16.7. The number of rotatable bonds is 5. The fraction of sp³-hybridized carbons (Fsp3) is 0.412. The van der Waals surface area contributed by atoms with Crippen molar-refractivity contribution >= 4 is 27.3 Å². The number of sulfone groups is 1. The van der Waals surface area contributed by atoms with Crippen LogP contribution in [0.1, 0.15) is 19.0 Å². The summed E-state index contributed by atoms with van der Waals surface area (Å²) in [4.78, 5) is 11.2. The molecule has 1 aliphatic rings. The molecule has 1 atom stereocenters. The zero-order valence-corrected chi connectivity index (χ0v) is 14.8. The molecule has 2 heterocycles. The fourth-order valence-electron chi connectivity index (χ4n) is 2.91. The second-order valence-electron chi connectivity index (χ2n) is 6.02. The van der Waals surface area contributed by atoms with E-state index < -0.39 is 9.84 Å². The van der Waals surface area contributed by atoms with E-state index in [-0.39, 0.29) is 17.5 Å². The number of hydrogen-bond donors (Lipinski definition) is 1. The second kappa shape index (κ2) is 6.76. The van der Waals surface area contributed by atoms with Crippen LogP contribution in [0.2, 0.25) is 0 Å². The van der Waals surface area contributed by atoms with Gasteiger partial charge in [0.1, 0.15) is 5.82 Å². The van der Waals surface area contributed by atoms with Gasteiger partial charge in [0.05, 0.1) is 11.5 Å². The summed E-state index contributed by atoms with van der Waals surface area (Å²) in [7, 11) is -2.92. The van der Waals surface area contributed by atoms with Gasteiger partial charge in [-0.15, -0.1) is 0 Å². The van der Waals surface area contributed by atoms with Gasteiger partial charge in [-0.1, -0.05) is 18.2 Å². The zero-order valence-electron chi connectivity index (χ0n) is 13.9. The van der Waals surface area contributed by atoms with Crippen LogP contribution in [0.15, 0.2) is 36.4 Å². The van der Waals surface area contributed by atoms with Crippen molar-refractivity contribution in [1.29, 1.82) is 0 Å². The van der Waals surface area contributed by atoms with Gasteiger partial charge in [-0.25, -0.2) is 13.4 Å². The topological polar surface area (TPSA) is 75.2 Å². The average molecular weight is 346 g/mol. The van der Waals surface area contributed by atoms with Crippen LogP contribution in [0.3, 0.4) is 0 Å². The number of para-hydroxylation sites is 1. The summed E-state index contributed by atoms with van der Waals surface area (Å²) < 4.78 is 23.2. The lowest BCUT2D eigenvalue weighted by Crippen LogP contribution is -2.23. The number of aryl methyl sites for hydroxylation is 1. The van der Waals surface area contributed by atoms with Gasteiger partial charge in [-0.3, -0.25) is 0 Å². The van der Waals surface area contributed by atoms with Crippen LogP contribution < -0.4 is 10.2 Å². The third kappa shape index (κ3) is 3.84. The summed E-state index contributed by atoms with van der Waals surface area (Å²) in [6.07, 6.45) is 0.622. The Hall–Kier alpha value is -2.15. The molecule has 1 aromatic heterocycles. The first-order chi connectivity index (χ1) is 11.5. The van der Waals surface area contributed by atoms with Crippen LogP contribution in [-0.2, 0) is 9.84 Å². The molecule has 1 aliphatic heterocycles. The SMILES string of the molecule is CCN(c1ccccc1)c1nc(C)cc(NC2CCS(=O)(=O)C2)n1. The van der Waals surface area contributed by atoms with E-state index in [0.717, 1.165) is 17.9 Å². The molecule has 0 saturated carbocycles. The molecule has 24 heavy (non-hydrogen) atoms. The van der Waals surface area contributed by atoms with Gasteiger partial charge in [0.25, 0.3) is 0 Å². The van der Waals surface area contributed by atoms with Crippen molar-refractivity contribution in [3.8, 4) is 0 Å². The minimum atomic E-state index is -2.92. The molecule has 6 nitrogen and oxygen atoms in total. The van der Waals surface area contributed by atoms with Crippen molar-refractivity contribution in [3.05, 3.63) is 42.1 Å². The summed E-state index contributed by atoms with van der Waals surface area (Å²) in [5.74, 6) is 1.70. The number of anilines is 3. The van der Waals surface area contributed by atoms with E-state index >= 15 is 0 Å². The molecule has 1 saturated heterocycles. The Balaban J connectivity index is 1.86. The molecule has 1 aromatic carbocycles. The first-order valence-electron chi connectivity index (χ1n) is 8.12. The van der Waals surface area contributed by atoms with Crippen molar-refractivity contribution in [1.82, 2.24) is 9.97 Å². The Kier molecular flexibility index (Phi) is 4.71. The van der Waals surface area contributed by atoms with Gasteiger partial charge in [0, 0.05) is 30.0 Å². The largest absolute Gasteiger partial charge is 0.366 e. The quantitative estimate of drug-likeness (QED) is 0.897. The standard InChI is InChI=1S/C17H22N4O2S/c1-3-21(15-7-5-4-6-8-15)17-18-13(2)11-16(20-17)19-14-9-10-24(22,23)12-14/h4-8,11,14H,3,9-10,12H2,1-2H3,(H,18,19,20). The molecule has 1 fully saturated rings. The smallest absolute Gasteiger partial charge is 0.232 e. The van der Waals surface area contributed by atoms with Crippen LogP contribution in [0.4, 0.5) is 17.5 Å². The number of aromatic nitrogens is 2. The summed E-state index contributed by atoms with van der Waals surface area (Å²) in [5, 5.41) is 3.25. The Morgan fingerprint density at radius 3 is 2.62 bits per heavy atom. The molecule has 128 valence electrons. The third-order valence-corrected chi connectivity index (χ3v) is 5.82. The van der Waals surface area contributed by atoms with Crippen molar-refractivity contribution in [3.63, 3.8) is 0 Å². The predicted molar refractivity (Wildman–Crippen MR) is 96.6 cm³/mol. The Bertz CT molecular complexity index is 809. The lowest BCUT2D eigenvalue weighted by atomic mass is 10.2. The maximum absolute atomic E-state index is 11.6. The monoisotopic (exact) mass is 346 g/mol. The van der Waals surface area contributed by atoms with E-state index in [9.17, 15) is 8.42 Å². The molecule has 0 bridgehead atoms. The van der Waals surface area contributed by atoms with Crippen LogP contribution in [0.25, 0.3) is 0 Å². The molecule has 1 N–H and O–H groups in total. The summed E-state index contributed by atoms with van der Waals surface area (Å²) in [6, 6.07) is 11.8. The van der Waals surface area contributed by atoms with Gasteiger partial charge >= 0.3 is 0 Å². The lowest BCUT2D eigenvalue weighted by Gasteiger charge is -2.22. The van der Waals surface area contributed by atoms with Crippen LogP contribution in [-0.4, -0.2) is 42.5 Å². The lowest BCUT2D eigenvalue weighted by molar-refractivity contribution is 0.602.